The van der Waals surface area contributed by atoms with Crippen LogP contribution in [0.4, 0.5) is 19.0 Å². The van der Waals surface area contributed by atoms with Gasteiger partial charge in [-0.2, -0.15) is 13.2 Å². The molecule has 0 bridgehead atoms. The summed E-state index contributed by atoms with van der Waals surface area (Å²) in [5.41, 5.74) is 0.565. The van der Waals surface area contributed by atoms with E-state index < -0.39 is 18.6 Å². The van der Waals surface area contributed by atoms with Gasteiger partial charge in [-0.1, -0.05) is 18.5 Å². The summed E-state index contributed by atoms with van der Waals surface area (Å²) >= 11 is 5.96. The van der Waals surface area contributed by atoms with Gasteiger partial charge in [-0.05, 0) is 20.3 Å². The first-order chi connectivity index (χ1) is 8.73. The van der Waals surface area contributed by atoms with Crippen molar-refractivity contribution in [1.29, 1.82) is 0 Å². The van der Waals surface area contributed by atoms with Crippen LogP contribution in [0.1, 0.15) is 38.1 Å². The Kier molecular flexibility index (Phi) is 5.40. The van der Waals surface area contributed by atoms with Gasteiger partial charge in [0.2, 0.25) is 0 Å². The Labute approximate surface area is 115 Å². The molecule has 7 heteroatoms. The van der Waals surface area contributed by atoms with Gasteiger partial charge in [0.15, 0.2) is 0 Å². The summed E-state index contributed by atoms with van der Waals surface area (Å²) in [4.78, 5) is 8.32. The van der Waals surface area contributed by atoms with Gasteiger partial charge in [0.05, 0.1) is 6.42 Å². The third kappa shape index (κ3) is 5.22. The number of aryl methyl sites for hydroxylation is 1. The minimum atomic E-state index is -4.20. The Bertz CT molecular complexity index is 435. The first-order valence-corrected chi connectivity index (χ1v) is 6.47. The quantitative estimate of drug-likeness (QED) is 0.830. The molecule has 0 aliphatic carbocycles. The zero-order valence-corrected chi connectivity index (χ0v) is 11.9. The predicted octanol–water partition coefficient (Wildman–Crippen LogP) is 4.14. The van der Waals surface area contributed by atoms with Crippen molar-refractivity contribution in [3.63, 3.8) is 0 Å². The van der Waals surface area contributed by atoms with E-state index in [2.05, 4.69) is 15.3 Å². The van der Waals surface area contributed by atoms with Crippen molar-refractivity contribution in [2.75, 3.05) is 5.32 Å². The van der Waals surface area contributed by atoms with Crippen molar-refractivity contribution in [2.45, 2.75) is 52.3 Å². The van der Waals surface area contributed by atoms with Crippen molar-refractivity contribution < 1.29 is 13.2 Å². The van der Waals surface area contributed by atoms with E-state index in [-0.39, 0.29) is 5.15 Å². The standard InChI is InChI=1S/C12H17ClF3N3/c1-4-5-9-18-10(13)8(3)11(19-9)17-7(2)6-12(14,15)16/h7H,4-6H2,1-3H3,(H,17,18,19). The number of rotatable bonds is 5. The van der Waals surface area contributed by atoms with Crippen molar-refractivity contribution >= 4 is 17.4 Å². The molecule has 108 valence electrons. The van der Waals surface area contributed by atoms with Crippen LogP contribution >= 0.6 is 11.6 Å². The molecule has 1 aromatic rings. The maximum atomic E-state index is 12.3. The lowest BCUT2D eigenvalue weighted by Crippen LogP contribution is -2.25. The molecule has 19 heavy (non-hydrogen) atoms. The van der Waals surface area contributed by atoms with E-state index in [9.17, 15) is 13.2 Å². The fourth-order valence-corrected chi connectivity index (χ4v) is 1.83. The lowest BCUT2D eigenvalue weighted by Gasteiger charge is -2.18. The Balaban J connectivity index is 2.87. The van der Waals surface area contributed by atoms with Crippen molar-refractivity contribution in [3.05, 3.63) is 16.5 Å². The molecule has 1 unspecified atom stereocenters. The van der Waals surface area contributed by atoms with E-state index in [1.165, 1.54) is 6.92 Å². The van der Waals surface area contributed by atoms with Crippen molar-refractivity contribution in [3.8, 4) is 0 Å². The van der Waals surface area contributed by atoms with Gasteiger partial charge in [-0.15, -0.1) is 0 Å². The summed E-state index contributed by atoms with van der Waals surface area (Å²) in [5.74, 6) is 0.917. The lowest BCUT2D eigenvalue weighted by molar-refractivity contribution is -0.136. The molecule has 1 N–H and O–H groups in total. The molecular formula is C12H17ClF3N3. The number of anilines is 1. The first kappa shape index (κ1) is 16.0. The Morgan fingerprint density at radius 1 is 1.32 bits per heavy atom. The molecule has 0 fully saturated rings. The van der Waals surface area contributed by atoms with Crippen LogP contribution in [0.25, 0.3) is 0 Å². The van der Waals surface area contributed by atoms with Crippen LogP contribution in [0.2, 0.25) is 5.15 Å². The fraction of sp³-hybridized carbons (Fsp3) is 0.667. The second-order valence-electron chi connectivity index (χ2n) is 4.52. The van der Waals surface area contributed by atoms with Gasteiger partial charge in [-0.3, -0.25) is 0 Å². The fourth-order valence-electron chi connectivity index (χ4n) is 1.64. The maximum Gasteiger partial charge on any atom is 0.391 e. The third-order valence-electron chi connectivity index (χ3n) is 2.53. The van der Waals surface area contributed by atoms with Crippen LogP contribution < -0.4 is 5.32 Å². The minimum absolute atomic E-state index is 0.278. The molecule has 0 saturated heterocycles. The number of alkyl halides is 3. The third-order valence-corrected chi connectivity index (χ3v) is 2.90. The van der Waals surface area contributed by atoms with Gasteiger partial charge in [0.1, 0.15) is 16.8 Å². The van der Waals surface area contributed by atoms with Gasteiger partial charge in [0.25, 0.3) is 0 Å². The molecule has 3 nitrogen and oxygen atoms in total. The highest BCUT2D eigenvalue weighted by atomic mass is 35.5. The molecular weight excluding hydrogens is 279 g/mol. The normalized spacial score (nSPS) is 13.4. The van der Waals surface area contributed by atoms with Gasteiger partial charge >= 0.3 is 6.18 Å². The second-order valence-corrected chi connectivity index (χ2v) is 4.88. The average molecular weight is 296 g/mol. The summed E-state index contributed by atoms with van der Waals surface area (Å²) in [6, 6.07) is -0.765. The molecule has 0 amide bonds. The number of hydrogen-bond donors (Lipinski definition) is 1. The zero-order chi connectivity index (χ0) is 14.6. The summed E-state index contributed by atoms with van der Waals surface area (Å²) in [7, 11) is 0. The summed E-state index contributed by atoms with van der Waals surface area (Å²) in [6.45, 7) is 5.11. The Hall–Kier alpha value is -1.04. The Morgan fingerprint density at radius 2 is 1.95 bits per heavy atom. The number of hydrogen-bond acceptors (Lipinski definition) is 3. The molecule has 1 rings (SSSR count). The molecule has 0 aliphatic rings. The predicted molar refractivity (Wildman–Crippen MR) is 69.5 cm³/mol. The minimum Gasteiger partial charge on any atom is -0.367 e. The SMILES string of the molecule is CCCc1nc(Cl)c(C)c(NC(C)CC(F)(F)F)n1. The van der Waals surface area contributed by atoms with E-state index in [0.717, 1.165) is 6.42 Å². The van der Waals surface area contributed by atoms with Crippen LogP contribution in [-0.4, -0.2) is 22.2 Å². The smallest absolute Gasteiger partial charge is 0.367 e. The lowest BCUT2D eigenvalue weighted by atomic mass is 10.2. The van der Waals surface area contributed by atoms with Gasteiger partial charge in [-0.25, -0.2) is 9.97 Å². The molecule has 1 atom stereocenters. The first-order valence-electron chi connectivity index (χ1n) is 6.09. The largest absolute Gasteiger partial charge is 0.391 e. The topological polar surface area (TPSA) is 37.8 Å². The van der Waals surface area contributed by atoms with E-state index in [1.54, 1.807) is 6.92 Å². The number of nitrogens with zero attached hydrogens (tertiary/aromatic N) is 2. The molecule has 0 radical (unpaired) electrons. The molecule has 0 aliphatic heterocycles. The van der Waals surface area contributed by atoms with E-state index in [4.69, 9.17) is 11.6 Å². The summed E-state index contributed by atoms with van der Waals surface area (Å²) in [6.07, 6.45) is -3.64. The van der Waals surface area contributed by atoms with E-state index >= 15 is 0 Å². The van der Waals surface area contributed by atoms with Gasteiger partial charge in [0, 0.05) is 18.0 Å². The van der Waals surface area contributed by atoms with Crippen LogP contribution in [0.5, 0.6) is 0 Å². The van der Waals surface area contributed by atoms with Gasteiger partial charge < -0.3 is 5.32 Å². The Morgan fingerprint density at radius 3 is 2.47 bits per heavy atom. The highest BCUT2D eigenvalue weighted by Crippen LogP contribution is 2.25. The second kappa shape index (κ2) is 6.41. The maximum absolute atomic E-state index is 12.3. The van der Waals surface area contributed by atoms with Crippen LogP contribution in [-0.2, 0) is 6.42 Å². The van der Waals surface area contributed by atoms with Crippen LogP contribution in [0.3, 0.4) is 0 Å². The molecule has 0 saturated carbocycles. The van der Waals surface area contributed by atoms with Crippen LogP contribution in [0.15, 0.2) is 0 Å². The molecule has 0 spiro atoms. The highest BCUT2D eigenvalue weighted by molar-refractivity contribution is 6.30. The highest BCUT2D eigenvalue weighted by Gasteiger charge is 2.30. The van der Waals surface area contributed by atoms with E-state index in [1.807, 2.05) is 6.92 Å². The van der Waals surface area contributed by atoms with Crippen molar-refractivity contribution in [1.82, 2.24) is 9.97 Å². The monoisotopic (exact) mass is 295 g/mol. The molecule has 0 aromatic carbocycles. The van der Waals surface area contributed by atoms with E-state index in [0.29, 0.717) is 23.6 Å². The van der Waals surface area contributed by atoms with Crippen LogP contribution in [0, 0.1) is 6.92 Å². The zero-order valence-electron chi connectivity index (χ0n) is 11.1. The molecule has 1 aromatic heterocycles. The number of nitrogens with one attached hydrogen (secondary N) is 1. The number of aromatic nitrogens is 2. The van der Waals surface area contributed by atoms with Crippen molar-refractivity contribution in [2.24, 2.45) is 0 Å². The average Bonchev–Trinajstić information content (AvgIpc) is 2.23. The number of halogens is 4. The summed E-state index contributed by atoms with van der Waals surface area (Å²) < 4.78 is 36.9. The summed E-state index contributed by atoms with van der Waals surface area (Å²) in [5, 5.41) is 3.03. The molecule has 1 heterocycles.